The molecule has 0 saturated heterocycles. The number of ether oxygens (including phenoxy) is 2. The van der Waals surface area contributed by atoms with E-state index in [2.05, 4.69) is 6.58 Å². The van der Waals surface area contributed by atoms with E-state index < -0.39 is 6.10 Å². The zero-order chi connectivity index (χ0) is 11.3. The molecule has 0 aliphatic heterocycles. The second-order valence-electron chi connectivity index (χ2n) is 3.15. The Hall–Kier alpha value is -1.48. The summed E-state index contributed by atoms with van der Waals surface area (Å²) in [4.78, 5) is 0. The van der Waals surface area contributed by atoms with Crippen molar-refractivity contribution in [3.8, 4) is 11.5 Å². The van der Waals surface area contributed by atoms with Gasteiger partial charge in [0.05, 0.1) is 20.3 Å². The summed E-state index contributed by atoms with van der Waals surface area (Å²) < 4.78 is 10.3. The van der Waals surface area contributed by atoms with E-state index in [0.29, 0.717) is 17.9 Å². The van der Waals surface area contributed by atoms with Gasteiger partial charge >= 0.3 is 0 Å². The molecule has 1 rings (SSSR count). The lowest BCUT2D eigenvalue weighted by Crippen LogP contribution is -2.00. The van der Waals surface area contributed by atoms with Crippen LogP contribution in [0.3, 0.4) is 0 Å². The first kappa shape index (κ1) is 11.6. The summed E-state index contributed by atoms with van der Waals surface area (Å²) >= 11 is 0. The van der Waals surface area contributed by atoms with Gasteiger partial charge in [0.15, 0.2) is 0 Å². The first-order valence-corrected chi connectivity index (χ1v) is 4.73. The molecule has 1 aromatic rings. The molecular formula is C12H16O3. The normalized spacial score (nSPS) is 11.9. The van der Waals surface area contributed by atoms with Gasteiger partial charge < -0.3 is 14.6 Å². The molecule has 0 fully saturated rings. The van der Waals surface area contributed by atoms with Crippen LogP contribution in [0.25, 0.3) is 0 Å². The van der Waals surface area contributed by atoms with Crippen molar-refractivity contribution < 1.29 is 14.6 Å². The van der Waals surface area contributed by atoms with Crippen molar-refractivity contribution in [2.45, 2.75) is 12.5 Å². The Kier molecular flexibility index (Phi) is 4.18. The number of methoxy groups -OCH3 is 2. The third-order valence-electron chi connectivity index (χ3n) is 2.19. The Morgan fingerprint density at radius 1 is 1.40 bits per heavy atom. The predicted octanol–water partition coefficient (Wildman–Crippen LogP) is 2.31. The lowest BCUT2D eigenvalue weighted by Gasteiger charge is -2.14. The number of aliphatic hydroxyl groups excluding tert-OH is 1. The number of hydrogen-bond acceptors (Lipinski definition) is 3. The molecular weight excluding hydrogens is 192 g/mol. The van der Waals surface area contributed by atoms with E-state index in [4.69, 9.17) is 9.47 Å². The third-order valence-corrected chi connectivity index (χ3v) is 2.19. The van der Waals surface area contributed by atoms with Gasteiger partial charge in [0.2, 0.25) is 0 Å². The van der Waals surface area contributed by atoms with E-state index in [0.717, 1.165) is 5.56 Å². The van der Waals surface area contributed by atoms with Crippen LogP contribution in [0.5, 0.6) is 11.5 Å². The molecule has 3 heteroatoms. The SMILES string of the molecule is C=CCC(O)c1cc(OC)ccc1OC. The molecule has 0 heterocycles. The highest BCUT2D eigenvalue weighted by Crippen LogP contribution is 2.30. The fourth-order valence-corrected chi connectivity index (χ4v) is 1.38. The maximum atomic E-state index is 9.85. The van der Waals surface area contributed by atoms with Crippen molar-refractivity contribution in [2.75, 3.05) is 14.2 Å². The smallest absolute Gasteiger partial charge is 0.124 e. The van der Waals surface area contributed by atoms with E-state index in [9.17, 15) is 5.11 Å². The summed E-state index contributed by atoms with van der Waals surface area (Å²) in [6.45, 7) is 3.59. The Morgan fingerprint density at radius 3 is 2.67 bits per heavy atom. The summed E-state index contributed by atoms with van der Waals surface area (Å²) in [6.07, 6.45) is 1.56. The molecule has 3 nitrogen and oxygen atoms in total. The lowest BCUT2D eigenvalue weighted by molar-refractivity contribution is 0.176. The molecule has 1 unspecified atom stereocenters. The summed E-state index contributed by atoms with van der Waals surface area (Å²) in [6, 6.07) is 5.34. The Bertz CT molecular complexity index is 334. The minimum Gasteiger partial charge on any atom is -0.497 e. The lowest BCUT2D eigenvalue weighted by atomic mass is 10.1. The minimum atomic E-state index is -0.604. The summed E-state index contributed by atoms with van der Waals surface area (Å²) in [5.41, 5.74) is 0.719. The highest BCUT2D eigenvalue weighted by Gasteiger charge is 2.12. The zero-order valence-electron chi connectivity index (χ0n) is 9.06. The number of hydrogen-bond donors (Lipinski definition) is 1. The molecule has 1 aromatic carbocycles. The first-order chi connectivity index (χ1) is 7.22. The van der Waals surface area contributed by atoms with Crippen LogP contribution >= 0.6 is 0 Å². The van der Waals surface area contributed by atoms with Gasteiger partial charge in [-0.3, -0.25) is 0 Å². The summed E-state index contributed by atoms with van der Waals surface area (Å²) in [7, 11) is 3.16. The van der Waals surface area contributed by atoms with E-state index in [1.807, 2.05) is 0 Å². The van der Waals surface area contributed by atoms with Crippen molar-refractivity contribution in [2.24, 2.45) is 0 Å². The number of rotatable bonds is 5. The largest absolute Gasteiger partial charge is 0.497 e. The molecule has 15 heavy (non-hydrogen) atoms. The standard InChI is InChI=1S/C12H16O3/c1-4-5-11(13)10-8-9(14-2)6-7-12(10)15-3/h4,6-8,11,13H,1,5H2,2-3H3. The van der Waals surface area contributed by atoms with Gasteiger partial charge in [-0.1, -0.05) is 6.08 Å². The average Bonchev–Trinajstić information content (AvgIpc) is 2.28. The third kappa shape index (κ3) is 2.73. The van der Waals surface area contributed by atoms with Crippen LogP contribution in [0.1, 0.15) is 18.1 Å². The minimum absolute atomic E-state index is 0.490. The fraction of sp³-hybridized carbons (Fsp3) is 0.333. The average molecular weight is 208 g/mol. The Balaban J connectivity index is 3.04. The number of aliphatic hydroxyl groups is 1. The monoisotopic (exact) mass is 208 g/mol. The van der Waals surface area contributed by atoms with Crippen LogP contribution in [-0.4, -0.2) is 19.3 Å². The molecule has 0 aliphatic rings. The summed E-state index contributed by atoms with van der Waals surface area (Å²) in [5, 5.41) is 9.85. The van der Waals surface area contributed by atoms with Gasteiger partial charge in [0.25, 0.3) is 0 Å². The maximum Gasteiger partial charge on any atom is 0.124 e. The van der Waals surface area contributed by atoms with Crippen molar-refractivity contribution in [3.05, 3.63) is 36.4 Å². The van der Waals surface area contributed by atoms with Gasteiger partial charge in [0.1, 0.15) is 11.5 Å². The van der Waals surface area contributed by atoms with Crippen molar-refractivity contribution in [3.63, 3.8) is 0 Å². The van der Waals surface area contributed by atoms with E-state index in [1.54, 1.807) is 38.5 Å². The van der Waals surface area contributed by atoms with E-state index >= 15 is 0 Å². The van der Waals surface area contributed by atoms with Crippen LogP contribution in [0.15, 0.2) is 30.9 Å². The quantitative estimate of drug-likeness (QED) is 0.755. The van der Waals surface area contributed by atoms with E-state index in [-0.39, 0.29) is 0 Å². The first-order valence-electron chi connectivity index (χ1n) is 4.73. The Labute approximate surface area is 90.0 Å². The molecule has 1 atom stereocenters. The van der Waals surface area contributed by atoms with Crippen molar-refractivity contribution in [1.29, 1.82) is 0 Å². The predicted molar refractivity (Wildman–Crippen MR) is 59.3 cm³/mol. The Morgan fingerprint density at radius 2 is 2.13 bits per heavy atom. The number of benzene rings is 1. The molecule has 0 saturated carbocycles. The molecule has 0 amide bonds. The molecule has 82 valence electrons. The maximum absolute atomic E-state index is 9.85. The summed E-state index contributed by atoms with van der Waals surface area (Å²) in [5.74, 6) is 1.36. The van der Waals surface area contributed by atoms with Crippen LogP contribution in [-0.2, 0) is 0 Å². The fourth-order valence-electron chi connectivity index (χ4n) is 1.38. The van der Waals surface area contributed by atoms with Crippen molar-refractivity contribution >= 4 is 0 Å². The molecule has 0 radical (unpaired) electrons. The zero-order valence-corrected chi connectivity index (χ0v) is 9.06. The van der Waals surface area contributed by atoms with Crippen LogP contribution < -0.4 is 9.47 Å². The molecule has 0 spiro atoms. The second-order valence-corrected chi connectivity index (χ2v) is 3.15. The highest BCUT2D eigenvalue weighted by atomic mass is 16.5. The van der Waals surface area contributed by atoms with Crippen LogP contribution in [0.2, 0.25) is 0 Å². The molecule has 0 aromatic heterocycles. The topological polar surface area (TPSA) is 38.7 Å². The van der Waals surface area contributed by atoms with Crippen LogP contribution in [0, 0.1) is 0 Å². The van der Waals surface area contributed by atoms with Gasteiger partial charge in [-0.2, -0.15) is 0 Å². The van der Waals surface area contributed by atoms with Gasteiger partial charge in [-0.05, 0) is 24.6 Å². The molecule has 1 N–H and O–H groups in total. The van der Waals surface area contributed by atoms with Crippen LogP contribution in [0.4, 0.5) is 0 Å². The van der Waals surface area contributed by atoms with E-state index in [1.165, 1.54) is 0 Å². The molecule has 0 aliphatic carbocycles. The van der Waals surface area contributed by atoms with Gasteiger partial charge in [-0.15, -0.1) is 6.58 Å². The van der Waals surface area contributed by atoms with Gasteiger partial charge in [-0.25, -0.2) is 0 Å². The van der Waals surface area contributed by atoms with Crippen molar-refractivity contribution in [1.82, 2.24) is 0 Å². The second kappa shape index (κ2) is 5.41. The van der Waals surface area contributed by atoms with Gasteiger partial charge in [0, 0.05) is 5.56 Å². The highest BCUT2D eigenvalue weighted by molar-refractivity contribution is 5.41. The molecule has 0 bridgehead atoms.